The van der Waals surface area contributed by atoms with Gasteiger partial charge in [-0.25, -0.2) is 4.39 Å². The van der Waals surface area contributed by atoms with Gasteiger partial charge in [-0.1, -0.05) is 0 Å². The SMILES string of the molecule is CCOc1[c]cc2c(Oc3ccc4[nH]c(C)cc4c3F)ccnc2c1. The Morgan fingerprint density at radius 3 is 2.88 bits per heavy atom. The normalized spacial score (nSPS) is 11.2. The highest BCUT2D eigenvalue weighted by Crippen LogP contribution is 2.34. The predicted octanol–water partition coefficient (Wildman–Crippen LogP) is 5.15. The van der Waals surface area contributed by atoms with E-state index in [1.807, 2.05) is 19.9 Å². The van der Waals surface area contributed by atoms with Gasteiger partial charge in [-0.3, -0.25) is 4.98 Å². The Labute approximate surface area is 144 Å². The van der Waals surface area contributed by atoms with Crippen molar-refractivity contribution < 1.29 is 13.9 Å². The molecule has 0 saturated carbocycles. The van der Waals surface area contributed by atoms with E-state index in [0.29, 0.717) is 29.0 Å². The van der Waals surface area contributed by atoms with Crippen molar-refractivity contribution in [2.75, 3.05) is 6.61 Å². The molecule has 5 heteroatoms. The molecular formula is C20H16FN2O2. The van der Waals surface area contributed by atoms with Crippen molar-refractivity contribution in [1.29, 1.82) is 0 Å². The van der Waals surface area contributed by atoms with Crippen LogP contribution in [0.3, 0.4) is 0 Å². The van der Waals surface area contributed by atoms with Crippen molar-refractivity contribution in [2.45, 2.75) is 13.8 Å². The van der Waals surface area contributed by atoms with Crippen LogP contribution in [0.4, 0.5) is 4.39 Å². The number of aryl methyl sites for hydroxylation is 1. The van der Waals surface area contributed by atoms with Crippen molar-refractivity contribution in [2.24, 2.45) is 0 Å². The Bertz CT molecular complexity index is 1070. The monoisotopic (exact) mass is 335 g/mol. The van der Waals surface area contributed by atoms with Gasteiger partial charge >= 0.3 is 0 Å². The lowest BCUT2D eigenvalue weighted by molar-refractivity contribution is 0.340. The van der Waals surface area contributed by atoms with E-state index in [9.17, 15) is 4.39 Å². The number of nitrogens with one attached hydrogen (secondary N) is 1. The summed E-state index contributed by atoms with van der Waals surface area (Å²) >= 11 is 0. The zero-order valence-corrected chi connectivity index (χ0v) is 13.9. The number of aromatic nitrogens is 2. The standard InChI is InChI=1S/C20H16FN2O2/c1-3-24-13-4-5-14-17(11-13)22-9-8-18(14)25-19-7-6-16-15(20(19)21)10-12(2)23-16/h5-11,23H,3H2,1-2H3. The molecule has 0 spiro atoms. The first kappa shape index (κ1) is 15.4. The fourth-order valence-corrected chi connectivity index (χ4v) is 2.85. The summed E-state index contributed by atoms with van der Waals surface area (Å²) in [6.07, 6.45) is 1.63. The number of halogens is 1. The number of fused-ring (bicyclic) bond motifs is 2. The van der Waals surface area contributed by atoms with Crippen LogP contribution in [0, 0.1) is 18.8 Å². The van der Waals surface area contributed by atoms with Gasteiger partial charge in [0, 0.05) is 40.3 Å². The predicted molar refractivity (Wildman–Crippen MR) is 94.8 cm³/mol. The molecule has 0 saturated heterocycles. The van der Waals surface area contributed by atoms with Crippen molar-refractivity contribution in [3.8, 4) is 17.2 Å². The van der Waals surface area contributed by atoms with Gasteiger partial charge in [-0.15, -0.1) is 0 Å². The maximum absolute atomic E-state index is 14.7. The molecule has 0 bridgehead atoms. The molecule has 4 rings (SSSR count). The number of hydrogen-bond acceptors (Lipinski definition) is 3. The van der Waals surface area contributed by atoms with Gasteiger partial charge < -0.3 is 14.5 Å². The first-order valence-corrected chi connectivity index (χ1v) is 8.04. The molecule has 0 atom stereocenters. The number of nitrogens with zero attached hydrogens (tertiary/aromatic N) is 1. The van der Waals surface area contributed by atoms with Crippen LogP contribution in [0.15, 0.2) is 42.6 Å². The molecule has 2 aromatic carbocycles. The molecule has 4 aromatic rings. The molecule has 0 fully saturated rings. The minimum Gasteiger partial charge on any atom is -0.493 e. The first-order chi connectivity index (χ1) is 12.2. The van der Waals surface area contributed by atoms with E-state index in [-0.39, 0.29) is 11.6 Å². The van der Waals surface area contributed by atoms with Crippen LogP contribution < -0.4 is 9.47 Å². The van der Waals surface area contributed by atoms with Gasteiger partial charge in [0.2, 0.25) is 0 Å². The Hall–Kier alpha value is -3.08. The zero-order chi connectivity index (χ0) is 17.4. The van der Waals surface area contributed by atoms with Gasteiger partial charge in [0.05, 0.1) is 12.1 Å². The smallest absolute Gasteiger partial charge is 0.175 e. The number of pyridine rings is 1. The molecule has 2 heterocycles. The highest BCUT2D eigenvalue weighted by atomic mass is 19.1. The van der Waals surface area contributed by atoms with Gasteiger partial charge in [-0.05, 0) is 44.2 Å². The van der Waals surface area contributed by atoms with Crippen LogP contribution >= 0.6 is 0 Å². The van der Waals surface area contributed by atoms with Crippen LogP contribution in [-0.2, 0) is 0 Å². The van der Waals surface area contributed by atoms with E-state index in [2.05, 4.69) is 16.0 Å². The van der Waals surface area contributed by atoms with Crippen LogP contribution in [0.2, 0.25) is 0 Å². The average molecular weight is 335 g/mol. The molecular weight excluding hydrogens is 319 g/mol. The highest BCUT2D eigenvalue weighted by Gasteiger charge is 2.13. The molecule has 4 nitrogen and oxygen atoms in total. The van der Waals surface area contributed by atoms with Gasteiger partial charge in [0.1, 0.15) is 11.5 Å². The Kier molecular flexibility index (Phi) is 3.76. The molecule has 0 aliphatic rings. The molecule has 0 aliphatic carbocycles. The van der Waals surface area contributed by atoms with E-state index in [1.54, 1.807) is 36.5 Å². The molecule has 125 valence electrons. The highest BCUT2D eigenvalue weighted by molar-refractivity contribution is 5.87. The minimum atomic E-state index is -0.387. The van der Waals surface area contributed by atoms with E-state index in [0.717, 1.165) is 16.6 Å². The van der Waals surface area contributed by atoms with Gasteiger partial charge in [0.15, 0.2) is 11.6 Å². The number of rotatable bonds is 4. The third-order valence-corrected chi connectivity index (χ3v) is 3.96. The molecule has 1 N–H and O–H groups in total. The molecule has 25 heavy (non-hydrogen) atoms. The Morgan fingerprint density at radius 1 is 1.16 bits per heavy atom. The van der Waals surface area contributed by atoms with Crippen molar-refractivity contribution >= 4 is 21.8 Å². The van der Waals surface area contributed by atoms with E-state index in [4.69, 9.17) is 9.47 Å². The second-order valence-electron chi connectivity index (χ2n) is 5.73. The number of hydrogen-bond donors (Lipinski definition) is 1. The molecule has 1 radical (unpaired) electrons. The number of ether oxygens (including phenoxy) is 2. The Morgan fingerprint density at radius 2 is 2.04 bits per heavy atom. The maximum Gasteiger partial charge on any atom is 0.175 e. The molecule has 0 unspecified atom stereocenters. The average Bonchev–Trinajstić information content (AvgIpc) is 2.99. The van der Waals surface area contributed by atoms with Crippen LogP contribution in [0.5, 0.6) is 17.2 Å². The van der Waals surface area contributed by atoms with Crippen molar-refractivity contribution in [3.63, 3.8) is 0 Å². The van der Waals surface area contributed by atoms with E-state index in [1.165, 1.54) is 0 Å². The second kappa shape index (κ2) is 6.09. The zero-order valence-electron chi connectivity index (χ0n) is 13.9. The lowest BCUT2D eigenvalue weighted by atomic mass is 10.2. The van der Waals surface area contributed by atoms with Crippen molar-refractivity contribution in [3.05, 3.63) is 60.2 Å². The number of aromatic amines is 1. The number of H-pyrrole nitrogens is 1. The van der Waals surface area contributed by atoms with Crippen molar-refractivity contribution in [1.82, 2.24) is 9.97 Å². The summed E-state index contributed by atoms with van der Waals surface area (Å²) in [5.74, 6) is 0.930. The van der Waals surface area contributed by atoms with E-state index >= 15 is 0 Å². The van der Waals surface area contributed by atoms with Gasteiger partial charge in [-0.2, -0.15) is 0 Å². The minimum absolute atomic E-state index is 0.174. The summed E-state index contributed by atoms with van der Waals surface area (Å²) in [6.45, 7) is 4.36. The van der Waals surface area contributed by atoms with Crippen LogP contribution in [-0.4, -0.2) is 16.6 Å². The lowest BCUT2D eigenvalue weighted by Crippen LogP contribution is -1.94. The third kappa shape index (κ3) is 2.78. The molecule has 2 aromatic heterocycles. The summed E-state index contributed by atoms with van der Waals surface area (Å²) in [6, 6.07) is 13.5. The quantitative estimate of drug-likeness (QED) is 0.561. The summed E-state index contributed by atoms with van der Waals surface area (Å²) in [5.41, 5.74) is 2.36. The van der Waals surface area contributed by atoms with Crippen LogP contribution in [0.25, 0.3) is 21.8 Å². The molecule has 0 amide bonds. The molecule has 0 aliphatic heterocycles. The first-order valence-electron chi connectivity index (χ1n) is 8.04. The fraction of sp³-hybridized carbons (Fsp3) is 0.150. The summed E-state index contributed by atoms with van der Waals surface area (Å²) in [7, 11) is 0. The van der Waals surface area contributed by atoms with Gasteiger partial charge in [0.25, 0.3) is 0 Å². The topological polar surface area (TPSA) is 47.1 Å². The van der Waals surface area contributed by atoms with Crippen LogP contribution in [0.1, 0.15) is 12.6 Å². The summed E-state index contributed by atoms with van der Waals surface area (Å²) in [5, 5.41) is 1.26. The summed E-state index contributed by atoms with van der Waals surface area (Å²) < 4.78 is 26.0. The largest absolute Gasteiger partial charge is 0.493 e. The Balaban J connectivity index is 1.76. The third-order valence-electron chi connectivity index (χ3n) is 3.96. The second-order valence-corrected chi connectivity index (χ2v) is 5.73. The number of benzene rings is 2. The summed E-state index contributed by atoms with van der Waals surface area (Å²) in [4.78, 5) is 7.44. The maximum atomic E-state index is 14.7. The lowest BCUT2D eigenvalue weighted by Gasteiger charge is -2.10. The fourth-order valence-electron chi connectivity index (χ4n) is 2.85. The van der Waals surface area contributed by atoms with E-state index < -0.39 is 0 Å².